The second-order valence-corrected chi connectivity index (χ2v) is 7.90. The second kappa shape index (κ2) is 7.63. The maximum Gasteiger partial charge on any atom is 0.261 e. The Morgan fingerprint density at radius 3 is 2.00 bits per heavy atom. The summed E-state index contributed by atoms with van der Waals surface area (Å²) in [5.74, 6) is -0.364. The summed E-state index contributed by atoms with van der Waals surface area (Å²) >= 11 is 0. The average molecular weight is 380 g/mol. The third-order valence-corrected chi connectivity index (χ3v) is 5.55. The Balaban J connectivity index is 1.85. The van der Waals surface area contributed by atoms with E-state index in [9.17, 15) is 13.2 Å². The highest BCUT2D eigenvalue weighted by molar-refractivity contribution is 7.92. The number of para-hydroxylation sites is 2. The van der Waals surface area contributed by atoms with Gasteiger partial charge in [-0.15, -0.1) is 0 Å². The topological polar surface area (TPSA) is 75.3 Å². The van der Waals surface area contributed by atoms with Crippen LogP contribution in [0.15, 0.2) is 77.7 Å². The summed E-state index contributed by atoms with van der Waals surface area (Å²) in [5.41, 5.74) is 3.21. The van der Waals surface area contributed by atoms with E-state index in [-0.39, 0.29) is 16.4 Å². The number of rotatable bonds is 5. The maximum atomic E-state index is 12.7. The fraction of sp³-hybridized carbons (Fsp3) is 0.0952. The van der Waals surface area contributed by atoms with Crippen LogP contribution < -0.4 is 10.0 Å². The highest BCUT2D eigenvalue weighted by Gasteiger charge is 2.17. The van der Waals surface area contributed by atoms with E-state index in [1.165, 1.54) is 12.1 Å². The normalized spacial score (nSPS) is 11.0. The molecule has 0 unspecified atom stereocenters. The summed E-state index contributed by atoms with van der Waals surface area (Å²) in [6.45, 7) is 3.71. The Labute approximate surface area is 159 Å². The van der Waals surface area contributed by atoms with Crippen molar-refractivity contribution >= 4 is 27.3 Å². The Kier molecular flexibility index (Phi) is 5.28. The van der Waals surface area contributed by atoms with Crippen LogP contribution in [0.4, 0.5) is 11.4 Å². The van der Waals surface area contributed by atoms with Crippen LogP contribution in [-0.2, 0) is 10.0 Å². The van der Waals surface area contributed by atoms with Gasteiger partial charge in [-0.05, 0) is 55.3 Å². The lowest BCUT2D eigenvalue weighted by molar-refractivity contribution is 0.102. The summed E-state index contributed by atoms with van der Waals surface area (Å²) in [5, 5.41) is 2.81. The highest BCUT2D eigenvalue weighted by Crippen LogP contribution is 2.21. The van der Waals surface area contributed by atoms with Crippen molar-refractivity contribution in [3.8, 4) is 0 Å². The number of aryl methyl sites for hydroxylation is 2. The molecule has 3 aromatic carbocycles. The lowest BCUT2D eigenvalue weighted by Gasteiger charge is -2.12. The first-order valence-corrected chi connectivity index (χ1v) is 9.90. The zero-order valence-electron chi connectivity index (χ0n) is 15.1. The van der Waals surface area contributed by atoms with Crippen LogP contribution in [0.3, 0.4) is 0 Å². The van der Waals surface area contributed by atoms with Gasteiger partial charge in [-0.2, -0.15) is 0 Å². The van der Waals surface area contributed by atoms with Gasteiger partial charge < -0.3 is 5.32 Å². The summed E-state index contributed by atoms with van der Waals surface area (Å²) in [7, 11) is -3.80. The van der Waals surface area contributed by atoms with E-state index in [2.05, 4.69) is 10.0 Å². The van der Waals surface area contributed by atoms with Gasteiger partial charge in [0.05, 0.1) is 10.6 Å². The van der Waals surface area contributed by atoms with E-state index >= 15 is 0 Å². The molecule has 0 aliphatic rings. The minimum Gasteiger partial charge on any atom is -0.322 e. The van der Waals surface area contributed by atoms with Crippen molar-refractivity contribution in [2.24, 2.45) is 0 Å². The molecule has 0 fully saturated rings. The molecule has 2 N–H and O–H groups in total. The van der Waals surface area contributed by atoms with Crippen LogP contribution in [-0.4, -0.2) is 14.3 Å². The summed E-state index contributed by atoms with van der Waals surface area (Å²) in [6.07, 6.45) is 0. The Morgan fingerprint density at radius 2 is 1.37 bits per heavy atom. The quantitative estimate of drug-likeness (QED) is 0.691. The average Bonchev–Trinajstić information content (AvgIpc) is 2.65. The minimum absolute atomic E-state index is 0.0307. The fourth-order valence-corrected chi connectivity index (χ4v) is 3.78. The number of nitrogens with one attached hydrogen (secondary N) is 2. The largest absolute Gasteiger partial charge is 0.322 e. The molecule has 0 aromatic heterocycles. The molecule has 3 rings (SSSR count). The number of benzene rings is 3. The van der Waals surface area contributed by atoms with Gasteiger partial charge in [-0.25, -0.2) is 8.42 Å². The lowest BCUT2D eigenvalue weighted by Crippen LogP contribution is -2.16. The Morgan fingerprint density at radius 1 is 0.778 bits per heavy atom. The van der Waals surface area contributed by atoms with Gasteiger partial charge in [0.25, 0.3) is 15.9 Å². The number of anilines is 2. The summed E-state index contributed by atoms with van der Waals surface area (Å²) < 4.78 is 28.0. The number of carbonyl (C=O) groups excluding carboxylic acids is 1. The van der Waals surface area contributed by atoms with Crippen LogP contribution in [0.25, 0.3) is 0 Å². The second-order valence-electron chi connectivity index (χ2n) is 6.22. The van der Waals surface area contributed by atoms with E-state index < -0.39 is 10.0 Å². The van der Waals surface area contributed by atoms with E-state index in [0.29, 0.717) is 11.4 Å². The van der Waals surface area contributed by atoms with Crippen LogP contribution in [0.1, 0.15) is 21.5 Å². The molecular formula is C21H20N2O3S. The molecule has 0 aliphatic carbocycles. The summed E-state index contributed by atoms with van der Waals surface area (Å²) in [4.78, 5) is 12.6. The first kappa shape index (κ1) is 18.7. The minimum atomic E-state index is -3.80. The zero-order chi connectivity index (χ0) is 19.4. The molecular weight excluding hydrogens is 360 g/mol. The van der Waals surface area contributed by atoms with Gasteiger partial charge in [-0.1, -0.05) is 42.5 Å². The predicted molar refractivity (Wildman–Crippen MR) is 108 cm³/mol. The van der Waals surface area contributed by atoms with Gasteiger partial charge in [-0.3, -0.25) is 9.52 Å². The molecule has 0 saturated heterocycles. The first-order chi connectivity index (χ1) is 12.9. The van der Waals surface area contributed by atoms with Crippen molar-refractivity contribution in [3.05, 3.63) is 89.5 Å². The molecule has 0 radical (unpaired) electrons. The molecule has 0 saturated carbocycles. The van der Waals surface area contributed by atoms with Crippen molar-refractivity contribution in [2.75, 3.05) is 10.0 Å². The lowest BCUT2D eigenvalue weighted by atomic mass is 10.1. The Hall–Kier alpha value is -3.12. The number of sulfonamides is 1. The number of carbonyl (C=O) groups is 1. The fourth-order valence-electron chi connectivity index (χ4n) is 2.60. The van der Waals surface area contributed by atoms with Crippen molar-refractivity contribution in [1.82, 2.24) is 0 Å². The van der Waals surface area contributed by atoms with Crippen LogP contribution in [0.5, 0.6) is 0 Å². The van der Waals surface area contributed by atoms with E-state index in [0.717, 1.165) is 11.1 Å². The molecule has 0 spiro atoms. The number of hydrogen-bond acceptors (Lipinski definition) is 3. The first-order valence-electron chi connectivity index (χ1n) is 8.42. The van der Waals surface area contributed by atoms with Crippen molar-refractivity contribution in [1.29, 1.82) is 0 Å². The molecule has 0 heterocycles. The molecule has 0 atom stereocenters. The third-order valence-electron chi connectivity index (χ3n) is 4.19. The van der Waals surface area contributed by atoms with Crippen molar-refractivity contribution in [3.63, 3.8) is 0 Å². The standard InChI is InChI=1S/C21H20N2O3S/c1-15-8-3-5-12-19(15)22-21(24)17-10-7-11-18(14-17)27(25,26)23-20-13-6-4-9-16(20)2/h3-14,23H,1-2H3,(H,22,24). The van der Waals surface area contributed by atoms with Gasteiger partial charge in [0.2, 0.25) is 0 Å². The molecule has 1 amide bonds. The Bertz CT molecular complexity index is 1090. The predicted octanol–water partition coefficient (Wildman–Crippen LogP) is 4.36. The third kappa shape index (κ3) is 4.35. The number of hydrogen-bond donors (Lipinski definition) is 2. The van der Waals surface area contributed by atoms with Gasteiger partial charge in [0, 0.05) is 11.3 Å². The van der Waals surface area contributed by atoms with Crippen LogP contribution >= 0.6 is 0 Å². The summed E-state index contributed by atoms with van der Waals surface area (Å²) in [6, 6.07) is 20.5. The van der Waals surface area contributed by atoms with Crippen LogP contribution in [0, 0.1) is 13.8 Å². The monoisotopic (exact) mass is 380 g/mol. The van der Waals surface area contributed by atoms with E-state index in [1.54, 1.807) is 30.3 Å². The van der Waals surface area contributed by atoms with Crippen molar-refractivity contribution < 1.29 is 13.2 Å². The molecule has 5 nitrogen and oxygen atoms in total. The molecule has 0 aliphatic heterocycles. The highest BCUT2D eigenvalue weighted by atomic mass is 32.2. The molecule has 3 aromatic rings. The van der Waals surface area contributed by atoms with Crippen molar-refractivity contribution in [2.45, 2.75) is 18.7 Å². The maximum absolute atomic E-state index is 12.7. The van der Waals surface area contributed by atoms with Gasteiger partial charge >= 0.3 is 0 Å². The zero-order valence-corrected chi connectivity index (χ0v) is 15.9. The van der Waals surface area contributed by atoms with Crippen LogP contribution in [0.2, 0.25) is 0 Å². The SMILES string of the molecule is Cc1ccccc1NC(=O)c1cccc(S(=O)(=O)Nc2ccccc2C)c1. The van der Waals surface area contributed by atoms with Gasteiger partial charge in [0.1, 0.15) is 0 Å². The smallest absolute Gasteiger partial charge is 0.261 e. The molecule has 27 heavy (non-hydrogen) atoms. The molecule has 6 heteroatoms. The molecule has 0 bridgehead atoms. The van der Waals surface area contributed by atoms with E-state index in [1.807, 2.05) is 44.2 Å². The van der Waals surface area contributed by atoms with Gasteiger partial charge in [0.15, 0.2) is 0 Å². The molecule has 138 valence electrons. The van der Waals surface area contributed by atoms with E-state index in [4.69, 9.17) is 0 Å². The number of amides is 1.